The summed E-state index contributed by atoms with van der Waals surface area (Å²) in [6.45, 7) is 5.62. The largest absolute Gasteiger partial charge is 0.438 e. The number of amides is 1. The molecule has 0 aliphatic heterocycles. The predicted octanol–water partition coefficient (Wildman–Crippen LogP) is 0.899. The molecule has 0 radical (unpaired) electrons. The average Bonchev–Trinajstić information content (AvgIpc) is 2.47. The summed E-state index contributed by atoms with van der Waals surface area (Å²) in [5.41, 5.74) is 0.594. The second kappa shape index (κ2) is 3.71. The van der Waals surface area contributed by atoms with Crippen LogP contribution in [0, 0.1) is 6.92 Å². The smallest absolute Gasteiger partial charge is 0.289 e. The molecule has 1 aromatic heterocycles. The number of carbonyl (C=O) groups excluding carboxylic acids is 1. The summed E-state index contributed by atoms with van der Waals surface area (Å²) >= 11 is 0. The molecule has 1 heterocycles. The van der Waals surface area contributed by atoms with E-state index in [1.165, 1.54) is 6.39 Å². The van der Waals surface area contributed by atoms with Gasteiger partial charge in [0.15, 0.2) is 6.39 Å². The van der Waals surface area contributed by atoms with Crippen LogP contribution in [0.4, 0.5) is 0 Å². The molecule has 1 aromatic rings. The van der Waals surface area contributed by atoms with E-state index in [1.54, 1.807) is 13.0 Å². The van der Waals surface area contributed by atoms with Gasteiger partial charge >= 0.3 is 0 Å². The van der Waals surface area contributed by atoms with Gasteiger partial charge in [-0.1, -0.05) is 6.08 Å². The van der Waals surface area contributed by atoms with E-state index in [4.69, 9.17) is 4.42 Å². The van der Waals surface area contributed by atoms with Crippen LogP contribution in [-0.4, -0.2) is 17.4 Å². The molecule has 12 heavy (non-hydrogen) atoms. The summed E-state index contributed by atoms with van der Waals surface area (Å²) in [7, 11) is 0. The number of nitrogens with zero attached hydrogens (tertiary/aromatic N) is 1. The lowest BCUT2D eigenvalue weighted by molar-refractivity contribution is 0.0929. The van der Waals surface area contributed by atoms with E-state index in [0.717, 1.165) is 0 Å². The van der Waals surface area contributed by atoms with Crippen LogP contribution in [0.1, 0.15) is 16.2 Å². The minimum atomic E-state index is -0.259. The quantitative estimate of drug-likeness (QED) is 0.678. The molecule has 0 aromatic carbocycles. The number of nitrogens with one attached hydrogen (secondary N) is 1. The van der Waals surface area contributed by atoms with E-state index in [1.807, 2.05) is 0 Å². The zero-order valence-corrected chi connectivity index (χ0v) is 6.83. The van der Waals surface area contributed by atoms with Crippen LogP contribution in [0.2, 0.25) is 0 Å². The Bertz CT molecular complexity index is 291. The van der Waals surface area contributed by atoms with Crippen LogP contribution >= 0.6 is 0 Å². The van der Waals surface area contributed by atoms with Crippen molar-refractivity contribution in [2.75, 3.05) is 6.54 Å². The summed E-state index contributed by atoms with van der Waals surface area (Å²) < 4.78 is 4.87. The van der Waals surface area contributed by atoms with E-state index in [0.29, 0.717) is 12.2 Å². The van der Waals surface area contributed by atoms with Crippen molar-refractivity contribution in [3.8, 4) is 0 Å². The van der Waals surface area contributed by atoms with Crippen LogP contribution in [0.25, 0.3) is 0 Å². The summed E-state index contributed by atoms with van der Waals surface area (Å²) in [6, 6.07) is 0. The number of rotatable bonds is 3. The Morgan fingerprint density at radius 1 is 1.92 bits per heavy atom. The third kappa shape index (κ3) is 1.72. The molecule has 0 aliphatic rings. The summed E-state index contributed by atoms with van der Waals surface area (Å²) in [6.07, 6.45) is 2.85. The standard InChI is InChI=1S/C8H10N2O2/c1-3-4-9-8(11)7-6(2)10-5-12-7/h3,5H,1,4H2,2H3,(H,9,11). The molecule has 4 nitrogen and oxygen atoms in total. The SMILES string of the molecule is C=CCNC(=O)c1ocnc1C. The van der Waals surface area contributed by atoms with Crippen LogP contribution in [0.3, 0.4) is 0 Å². The minimum Gasteiger partial charge on any atom is -0.438 e. The summed E-state index contributed by atoms with van der Waals surface area (Å²) in [5.74, 6) is 0.00162. The molecular weight excluding hydrogens is 156 g/mol. The van der Waals surface area contributed by atoms with Crippen molar-refractivity contribution in [2.24, 2.45) is 0 Å². The topological polar surface area (TPSA) is 55.1 Å². The molecule has 0 spiro atoms. The van der Waals surface area contributed by atoms with Gasteiger partial charge < -0.3 is 9.73 Å². The highest BCUT2D eigenvalue weighted by atomic mass is 16.3. The van der Waals surface area contributed by atoms with Gasteiger partial charge in [0.05, 0.1) is 5.69 Å². The Morgan fingerprint density at radius 2 is 2.67 bits per heavy atom. The number of aromatic nitrogens is 1. The fourth-order valence-electron chi connectivity index (χ4n) is 0.765. The first kappa shape index (κ1) is 8.52. The molecule has 64 valence electrons. The number of aryl methyl sites for hydroxylation is 1. The fourth-order valence-corrected chi connectivity index (χ4v) is 0.765. The molecule has 0 atom stereocenters. The maximum atomic E-state index is 11.2. The molecular formula is C8H10N2O2. The van der Waals surface area contributed by atoms with Crippen molar-refractivity contribution in [1.29, 1.82) is 0 Å². The van der Waals surface area contributed by atoms with Crippen LogP contribution in [0.15, 0.2) is 23.5 Å². The number of oxazole rings is 1. The first-order valence-corrected chi connectivity index (χ1v) is 3.55. The molecule has 0 saturated heterocycles. The molecule has 0 bridgehead atoms. The molecule has 1 amide bonds. The van der Waals surface area contributed by atoms with Crippen LogP contribution in [-0.2, 0) is 0 Å². The molecule has 1 N–H and O–H groups in total. The number of carbonyl (C=O) groups is 1. The Labute approximate surface area is 70.3 Å². The molecule has 0 aliphatic carbocycles. The molecule has 1 rings (SSSR count). The number of hydrogen-bond donors (Lipinski definition) is 1. The Hall–Kier alpha value is -1.58. The molecule has 0 saturated carbocycles. The normalized spacial score (nSPS) is 9.42. The van der Waals surface area contributed by atoms with E-state index >= 15 is 0 Å². The van der Waals surface area contributed by atoms with Crippen molar-refractivity contribution >= 4 is 5.91 Å². The predicted molar refractivity (Wildman–Crippen MR) is 43.8 cm³/mol. The van der Waals surface area contributed by atoms with E-state index in [2.05, 4.69) is 16.9 Å². The zero-order valence-electron chi connectivity index (χ0n) is 6.83. The Morgan fingerprint density at radius 3 is 3.17 bits per heavy atom. The highest BCUT2D eigenvalue weighted by Gasteiger charge is 2.11. The average molecular weight is 166 g/mol. The highest BCUT2D eigenvalue weighted by Crippen LogP contribution is 2.03. The fraction of sp³-hybridized carbons (Fsp3) is 0.250. The van der Waals surface area contributed by atoms with E-state index < -0.39 is 0 Å². The van der Waals surface area contributed by atoms with Gasteiger partial charge in [-0.25, -0.2) is 4.98 Å². The maximum absolute atomic E-state index is 11.2. The highest BCUT2D eigenvalue weighted by molar-refractivity contribution is 5.92. The summed E-state index contributed by atoms with van der Waals surface area (Å²) in [5, 5.41) is 2.58. The van der Waals surface area contributed by atoms with Crippen LogP contribution in [0.5, 0.6) is 0 Å². The van der Waals surface area contributed by atoms with Gasteiger partial charge in [0, 0.05) is 6.54 Å². The molecule has 0 unspecified atom stereocenters. The Balaban J connectivity index is 2.65. The third-order valence-electron chi connectivity index (χ3n) is 1.36. The maximum Gasteiger partial charge on any atom is 0.289 e. The van der Waals surface area contributed by atoms with Crippen molar-refractivity contribution < 1.29 is 9.21 Å². The van der Waals surface area contributed by atoms with E-state index in [-0.39, 0.29) is 11.7 Å². The van der Waals surface area contributed by atoms with Gasteiger partial charge in [-0.05, 0) is 6.92 Å². The lowest BCUT2D eigenvalue weighted by atomic mass is 10.3. The zero-order chi connectivity index (χ0) is 8.97. The monoisotopic (exact) mass is 166 g/mol. The summed E-state index contributed by atoms with van der Waals surface area (Å²) in [4.78, 5) is 15.0. The van der Waals surface area contributed by atoms with Crippen LogP contribution < -0.4 is 5.32 Å². The van der Waals surface area contributed by atoms with Crippen molar-refractivity contribution in [2.45, 2.75) is 6.92 Å². The van der Waals surface area contributed by atoms with Gasteiger partial charge in [-0.2, -0.15) is 0 Å². The molecule has 0 fully saturated rings. The second-order valence-electron chi connectivity index (χ2n) is 2.27. The van der Waals surface area contributed by atoms with E-state index in [9.17, 15) is 4.79 Å². The van der Waals surface area contributed by atoms with Gasteiger partial charge in [-0.3, -0.25) is 4.79 Å². The van der Waals surface area contributed by atoms with Gasteiger partial charge in [0.1, 0.15) is 0 Å². The lowest BCUT2D eigenvalue weighted by Crippen LogP contribution is -2.23. The first-order chi connectivity index (χ1) is 5.75. The van der Waals surface area contributed by atoms with Gasteiger partial charge in [0.2, 0.25) is 5.76 Å². The first-order valence-electron chi connectivity index (χ1n) is 3.55. The second-order valence-corrected chi connectivity index (χ2v) is 2.27. The van der Waals surface area contributed by atoms with Crippen molar-refractivity contribution in [1.82, 2.24) is 10.3 Å². The van der Waals surface area contributed by atoms with Gasteiger partial charge in [0.25, 0.3) is 5.91 Å². The van der Waals surface area contributed by atoms with Crippen molar-refractivity contribution in [3.05, 3.63) is 30.5 Å². The third-order valence-corrected chi connectivity index (χ3v) is 1.36. The Kier molecular flexibility index (Phi) is 2.63. The lowest BCUT2D eigenvalue weighted by Gasteiger charge is -1.97. The number of hydrogen-bond acceptors (Lipinski definition) is 3. The molecule has 4 heteroatoms. The van der Waals surface area contributed by atoms with Gasteiger partial charge in [-0.15, -0.1) is 6.58 Å². The minimum absolute atomic E-state index is 0.259. The van der Waals surface area contributed by atoms with Crippen molar-refractivity contribution in [3.63, 3.8) is 0 Å².